The van der Waals surface area contributed by atoms with Crippen LogP contribution in [0.1, 0.15) is 5.56 Å². The number of imide groups is 1. The van der Waals surface area contributed by atoms with Crippen molar-refractivity contribution in [3.63, 3.8) is 0 Å². The van der Waals surface area contributed by atoms with Crippen LogP contribution in [0.3, 0.4) is 0 Å². The van der Waals surface area contributed by atoms with E-state index in [0.29, 0.717) is 10.6 Å². The molecule has 0 aliphatic heterocycles. The van der Waals surface area contributed by atoms with E-state index in [9.17, 15) is 9.59 Å². The summed E-state index contributed by atoms with van der Waals surface area (Å²) in [5.74, 6) is -0.838. The van der Waals surface area contributed by atoms with Crippen molar-refractivity contribution < 1.29 is 9.59 Å². The van der Waals surface area contributed by atoms with Crippen molar-refractivity contribution in [2.75, 3.05) is 0 Å². The number of nitrogens with one attached hydrogen (secondary N) is 1. The molecule has 0 saturated heterocycles. The molecular weight excluding hydrogens is 242 g/mol. The molecule has 5 nitrogen and oxygen atoms in total. The first-order valence-corrected chi connectivity index (χ1v) is 4.89. The van der Waals surface area contributed by atoms with Crippen LogP contribution in [0, 0.1) is 11.3 Å². The summed E-state index contributed by atoms with van der Waals surface area (Å²) in [7, 11) is 0. The minimum absolute atomic E-state index is 0.217. The lowest BCUT2D eigenvalue weighted by Gasteiger charge is -1.99. The summed E-state index contributed by atoms with van der Waals surface area (Å²) in [6, 6.07) is 7.18. The van der Waals surface area contributed by atoms with Crippen LogP contribution >= 0.6 is 11.6 Å². The Morgan fingerprint density at radius 2 is 1.94 bits per heavy atom. The molecule has 1 rings (SSSR count). The molecule has 3 N–H and O–H groups in total. The van der Waals surface area contributed by atoms with Crippen LogP contribution in [-0.2, 0) is 4.79 Å². The fourth-order valence-corrected chi connectivity index (χ4v) is 1.18. The highest BCUT2D eigenvalue weighted by molar-refractivity contribution is 6.30. The number of hydrogen-bond donors (Lipinski definition) is 2. The number of hydrogen-bond acceptors (Lipinski definition) is 3. The molecule has 6 heteroatoms. The number of nitrogens with two attached hydrogens (primary N) is 1. The summed E-state index contributed by atoms with van der Waals surface area (Å²) < 4.78 is 0. The van der Waals surface area contributed by atoms with E-state index in [1.165, 1.54) is 6.08 Å². The van der Waals surface area contributed by atoms with Gasteiger partial charge in [0.15, 0.2) is 0 Å². The van der Waals surface area contributed by atoms with Crippen LogP contribution in [0.2, 0.25) is 5.02 Å². The van der Waals surface area contributed by atoms with Crippen molar-refractivity contribution in [3.8, 4) is 6.07 Å². The van der Waals surface area contributed by atoms with Crippen molar-refractivity contribution in [1.82, 2.24) is 5.32 Å². The Labute approximate surface area is 102 Å². The SMILES string of the molecule is N#C/C(=C\c1ccc(Cl)cc1)C(=O)NC(N)=O. The zero-order chi connectivity index (χ0) is 12.8. The predicted octanol–water partition coefficient (Wildman–Crippen LogP) is 1.44. The molecule has 0 aliphatic carbocycles. The van der Waals surface area contributed by atoms with Gasteiger partial charge >= 0.3 is 6.03 Å². The van der Waals surface area contributed by atoms with Gasteiger partial charge in [0.05, 0.1) is 0 Å². The number of benzene rings is 1. The van der Waals surface area contributed by atoms with E-state index in [1.54, 1.807) is 30.3 Å². The normalized spacial score (nSPS) is 10.5. The Kier molecular flexibility index (Phi) is 4.26. The molecule has 0 unspecified atom stereocenters. The Morgan fingerprint density at radius 1 is 1.35 bits per heavy atom. The first kappa shape index (κ1) is 12.7. The molecule has 0 radical (unpaired) electrons. The Hall–Kier alpha value is -2.32. The predicted molar refractivity (Wildman–Crippen MR) is 62.8 cm³/mol. The van der Waals surface area contributed by atoms with Gasteiger partial charge in [-0.05, 0) is 23.8 Å². The van der Waals surface area contributed by atoms with Gasteiger partial charge in [0.2, 0.25) is 0 Å². The molecule has 3 amide bonds. The monoisotopic (exact) mass is 249 g/mol. The Morgan fingerprint density at radius 3 is 2.41 bits per heavy atom. The third-order valence-corrected chi connectivity index (χ3v) is 2.03. The summed E-state index contributed by atoms with van der Waals surface area (Å²) in [5, 5.41) is 11.1. The van der Waals surface area contributed by atoms with E-state index < -0.39 is 11.9 Å². The standard InChI is InChI=1S/C11H8ClN3O2/c12-9-3-1-7(2-4-9)5-8(6-13)10(16)15-11(14)17/h1-5H,(H3,14,15,16,17)/b8-5+. The molecule has 0 bridgehead atoms. The van der Waals surface area contributed by atoms with Crippen molar-refractivity contribution in [3.05, 3.63) is 40.4 Å². The van der Waals surface area contributed by atoms with Crippen molar-refractivity contribution in [2.45, 2.75) is 0 Å². The topological polar surface area (TPSA) is 96.0 Å². The van der Waals surface area contributed by atoms with Crippen LogP contribution < -0.4 is 11.1 Å². The zero-order valence-electron chi connectivity index (χ0n) is 8.61. The zero-order valence-corrected chi connectivity index (χ0v) is 9.36. The van der Waals surface area contributed by atoms with Crippen LogP contribution in [-0.4, -0.2) is 11.9 Å². The molecular formula is C11H8ClN3O2. The van der Waals surface area contributed by atoms with Crippen molar-refractivity contribution >= 4 is 29.6 Å². The fraction of sp³-hybridized carbons (Fsp3) is 0. The second-order valence-electron chi connectivity index (χ2n) is 3.04. The third-order valence-electron chi connectivity index (χ3n) is 1.78. The minimum Gasteiger partial charge on any atom is -0.351 e. The molecule has 0 spiro atoms. The van der Waals surface area contributed by atoms with E-state index >= 15 is 0 Å². The summed E-state index contributed by atoms with van der Waals surface area (Å²) in [6.45, 7) is 0. The van der Waals surface area contributed by atoms with Crippen LogP contribution in [0.25, 0.3) is 6.08 Å². The van der Waals surface area contributed by atoms with Gasteiger partial charge in [0.25, 0.3) is 5.91 Å². The highest BCUT2D eigenvalue weighted by Gasteiger charge is 2.10. The van der Waals surface area contributed by atoms with Gasteiger partial charge in [-0.2, -0.15) is 5.26 Å². The van der Waals surface area contributed by atoms with Gasteiger partial charge < -0.3 is 5.73 Å². The number of nitrogens with zero attached hydrogens (tertiary/aromatic N) is 1. The van der Waals surface area contributed by atoms with Gasteiger partial charge in [0.1, 0.15) is 11.6 Å². The second-order valence-corrected chi connectivity index (χ2v) is 3.48. The van der Waals surface area contributed by atoms with E-state index in [0.717, 1.165) is 0 Å². The van der Waals surface area contributed by atoms with E-state index in [-0.39, 0.29) is 5.57 Å². The molecule has 17 heavy (non-hydrogen) atoms. The lowest BCUT2D eigenvalue weighted by molar-refractivity contribution is -0.115. The Balaban J connectivity index is 2.95. The molecule has 0 fully saturated rings. The molecule has 0 aromatic heterocycles. The average molecular weight is 250 g/mol. The molecule has 1 aromatic carbocycles. The van der Waals surface area contributed by atoms with Crippen molar-refractivity contribution in [1.29, 1.82) is 5.26 Å². The highest BCUT2D eigenvalue weighted by Crippen LogP contribution is 2.12. The summed E-state index contributed by atoms with van der Waals surface area (Å²) in [4.78, 5) is 21.8. The number of primary amides is 1. The third kappa shape index (κ3) is 3.97. The molecule has 0 heterocycles. The van der Waals surface area contributed by atoms with Crippen molar-refractivity contribution in [2.24, 2.45) is 5.73 Å². The second kappa shape index (κ2) is 5.68. The first-order valence-electron chi connectivity index (χ1n) is 4.51. The lowest BCUT2D eigenvalue weighted by Crippen LogP contribution is -2.35. The number of nitriles is 1. The van der Waals surface area contributed by atoms with E-state index in [1.807, 2.05) is 5.32 Å². The van der Waals surface area contributed by atoms with Gasteiger partial charge in [-0.25, -0.2) is 4.79 Å². The fourth-order valence-electron chi connectivity index (χ4n) is 1.05. The largest absolute Gasteiger partial charge is 0.351 e. The maximum atomic E-state index is 11.3. The molecule has 0 aliphatic rings. The quantitative estimate of drug-likeness (QED) is 0.613. The van der Waals surface area contributed by atoms with Gasteiger partial charge in [0, 0.05) is 5.02 Å². The Bertz CT molecular complexity index is 515. The van der Waals surface area contributed by atoms with Gasteiger partial charge in [-0.3, -0.25) is 10.1 Å². The van der Waals surface area contributed by atoms with Gasteiger partial charge in [-0.1, -0.05) is 23.7 Å². The summed E-state index contributed by atoms with van der Waals surface area (Å²) >= 11 is 5.69. The van der Waals surface area contributed by atoms with Gasteiger partial charge in [-0.15, -0.1) is 0 Å². The summed E-state index contributed by atoms with van der Waals surface area (Å²) in [5.41, 5.74) is 5.17. The van der Waals surface area contributed by atoms with E-state index in [4.69, 9.17) is 22.6 Å². The molecule has 86 valence electrons. The number of halogens is 1. The number of rotatable bonds is 2. The number of carbonyl (C=O) groups is 2. The number of carbonyl (C=O) groups excluding carboxylic acids is 2. The van der Waals surface area contributed by atoms with E-state index in [2.05, 4.69) is 0 Å². The highest BCUT2D eigenvalue weighted by atomic mass is 35.5. The van der Waals surface area contributed by atoms with Crippen LogP contribution in [0.5, 0.6) is 0 Å². The van der Waals surface area contributed by atoms with Crippen LogP contribution in [0.15, 0.2) is 29.8 Å². The van der Waals surface area contributed by atoms with Crippen LogP contribution in [0.4, 0.5) is 4.79 Å². The average Bonchev–Trinajstić information content (AvgIpc) is 2.27. The summed E-state index contributed by atoms with van der Waals surface area (Å²) in [6.07, 6.45) is 1.33. The molecule has 0 saturated carbocycles. The first-order chi connectivity index (χ1) is 8.02. The lowest BCUT2D eigenvalue weighted by atomic mass is 10.1. The number of amides is 3. The molecule has 0 atom stereocenters. The maximum absolute atomic E-state index is 11.3. The smallest absolute Gasteiger partial charge is 0.319 e. The maximum Gasteiger partial charge on any atom is 0.319 e. The molecule has 1 aromatic rings. The number of urea groups is 1. The minimum atomic E-state index is -1.01.